The summed E-state index contributed by atoms with van der Waals surface area (Å²) in [5.74, 6) is 0.0308. The number of methoxy groups -OCH3 is 1. The molecule has 0 amide bonds. The van der Waals surface area contributed by atoms with Gasteiger partial charge in [-0.2, -0.15) is 0 Å². The van der Waals surface area contributed by atoms with Gasteiger partial charge in [0.2, 0.25) is 0 Å². The van der Waals surface area contributed by atoms with Crippen molar-refractivity contribution in [1.29, 1.82) is 0 Å². The zero-order chi connectivity index (χ0) is 33.4. The number of ether oxygens (including phenoxy) is 2. The third-order valence-electron chi connectivity index (χ3n) is 7.51. The first-order valence-electron chi connectivity index (χ1n) is 14.9. The number of aryl methyl sites for hydroxylation is 1. The molecule has 0 radical (unpaired) electrons. The van der Waals surface area contributed by atoms with E-state index in [-0.39, 0.29) is 25.1 Å². The molecule has 11 nitrogen and oxygen atoms in total. The lowest BCUT2D eigenvalue weighted by atomic mass is 9.79. The summed E-state index contributed by atoms with van der Waals surface area (Å²) in [5.41, 5.74) is -2.33. The monoisotopic (exact) mass is 649 g/mol. The van der Waals surface area contributed by atoms with E-state index in [1.165, 1.54) is 20.0 Å². The fraction of sp³-hybridized carbons (Fsp3) is 0.324. The van der Waals surface area contributed by atoms with Crippen LogP contribution < -0.4 is 21.3 Å². The molecule has 3 aromatic carbocycles. The molecule has 2 N–H and O–H groups in total. The summed E-state index contributed by atoms with van der Waals surface area (Å²) >= 11 is 0. The Morgan fingerprint density at radius 2 is 1.39 bits per heavy atom. The summed E-state index contributed by atoms with van der Waals surface area (Å²) in [5, 5.41) is 3.06. The summed E-state index contributed by atoms with van der Waals surface area (Å²) < 4.78 is 38.3. The van der Waals surface area contributed by atoms with Gasteiger partial charge in [-0.3, -0.25) is 29.0 Å². The zero-order valence-corrected chi connectivity index (χ0v) is 27.5. The lowest BCUT2D eigenvalue weighted by molar-refractivity contribution is -0.166. The average molecular weight is 650 g/mol. The van der Waals surface area contributed by atoms with E-state index in [1.54, 1.807) is 33.1 Å². The summed E-state index contributed by atoms with van der Waals surface area (Å²) in [6, 6.07) is 26.1. The third kappa shape index (κ3) is 7.63. The van der Waals surface area contributed by atoms with E-state index in [1.807, 2.05) is 72.8 Å². The van der Waals surface area contributed by atoms with Crippen molar-refractivity contribution in [3.8, 4) is 5.75 Å². The number of aromatic amines is 1. The third-order valence-corrected chi connectivity index (χ3v) is 9.36. The average Bonchev–Trinajstić information content (AvgIpc) is 3.06. The highest BCUT2D eigenvalue weighted by atomic mass is 31.2. The van der Waals surface area contributed by atoms with E-state index in [2.05, 4.69) is 10.3 Å². The molecule has 0 bridgehead atoms. The number of Topliss-reactive ketones (excluding diaryl/α,β-unsaturated/α-hetero) is 1. The molecular weight excluding hydrogens is 609 g/mol. The van der Waals surface area contributed by atoms with Gasteiger partial charge < -0.3 is 18.5 Å². The number of hydrogen-bond acceptors (Lipinski definition) is 9. The van der Waals surface area contributed by atoms with Crippen LogP contribution in [-0.2, 0) is 35.3 Å². The number of benzene rings is 3. The minimum atomic E-state index is -3.73. The second kappa shape index (κ2) is 15.0. The van der Waals surface area contributed by atoms with Gasteiger partial charge in [-0.15, -0.1) is 0 Å². The number of nitrogens with one attached hydrogen (secondary N) is 2. The Hall–Kier alpha value is -4.12. The minimum absolute atomic E-state index is 0.111. The zero-order valence-electron chi connectivity index (χ0n) is 26.6. The van der Waals surface area contributed by atoms with E-state index in [4.69, 9.17) is 18.5 Å². The van der Waals surface area contributed by atoms with Crippen molar-refractivity contribution in [2.24, 2.45) is 0 Å². The first kappa shape index (κ1) is 34.7. The van der Waals surface area contributed by atoms with Crippen molar-refractivity contribution in [2.45, 2.75) is 45.6 Å². The Kier molecular flexibility index (Phi) is 11.3. The molecule has 0 fully saturated rings. The van der Waals surface area contributed by atoms with E-state index < -0.39 is 42.5 Å². The molecule has 0 saturated carbocycles. The topological polar surface area (TPSA) is 138 Å². The van der Waals surface area contributed by atoms with Gasteiger partial charge in [-0.1, -0.05) is 72.8 Å². The highest BCUT2D eigenvalue weighted by molar-refractivity contribution is 7.53. The van der Waals surface area contributed by atoms with Crippen molar-refractivity contribution in [3.63, 3.8) is 0 Å². The summed E-state index contributed by atoms with van der Waals surface area (Å²) in [4.78, 5) is 41.5. The molecule has 244 valence electrons. The normalized spacial score (nSPS) is 13.2. The fourth-order valence-electron chi connectivity index (χ4n) is 5.16. The summed E-state index contributed by atoms with van der Waals surface area (Å²) in [6.07, 6.45) is 0.939. The SMILES string of the molecule is CCOP(=O)(CNC(C)(OC(c1ccccc1)(c1ccccc1)c1ccc(OC)cc1)C(=O)Cn1cc(C)c(=O)[nH]c1=O)OCC. The Labute approximate surface area is 268 Å². The van der Waals surface area contributed by atoms with Gasteiger partial charge in [0.1, 0.15) is 17.6 Å². The van der Waals surface area contributed by atoms with Crippen molar-refractivity contribution >= 4 is 13.4 Å². The van der Waals surface area contributed by atoms with Crippen molar-refractivity contribution in [3.05, 3.63) is 134 Å². The number of nitrogens with zero attached hydrogens (tertiary/aromatic N) is 1. The number of rotatable bonds is 16. The molecule has 12 heteroatoms. The number of aromatic nitrogens is 2. The molecule has 46 heavy (non-hydrogen) atoms. The molecule has 0 aliphatic heterocycles. The molecule has 1 heterocycles. The number of hydrogen-bond donors (Lipinski definition) is 2. The summed E-state index contributed by atoms with van der Waals surface area (Å²) in [7, 11) is -2.16. The Bertz CT molecular complexity index is 1720. The Morgan fingerprint density at radius 3 is 1.89 bits per heavy atom. The maximum Gasteiger partial charge on any atom is 0.344 e. The van der Waals surface area contributed by atoms with Gasteiger partial charge in [0, 0.05) is 11.8 Å². The molecule has 4 aromatic rings. The van der Waals surface area contributed by atoms with Crippen LogP contribution in [0.25, 0.3) is 0 Å². The number of carbonyl (C=O) groups excluding carboxylic acids is 1. The van der Waals surface area contributed by atoms with E-state index >= 15 is 0 Å². The quantitative estimate of drug-likeness (QED) is 0.0980. The molecule has 4 rings (SSSR count). The fourth-order valence-corrected chi connectivity index (χ4v) is 6.70. The number of ketones is 1. The van der Waals surface area contributed by atoms with E-state index in [0.717, 1.165) is 4.57 Å². The highest BCUT2D eigenvalue weighted by Gasteiger charge is 2.48. The molecular formula is C34H40N3O8P. The van der Waals surface area contributed by atoms with Gasteiger partial charge in [0.25, 0.3) is 5.56 Å². The van der Waals surface area contributed by atoms with Crippen molar-refractivity contribution in [1.82, 2.24) is 14.9 Å². The van der Waals surface area contributed by atoms with Crippen LogP contribution >= 0.6 is 7.60 Å². The van der Waals surface area contributed by atoms with Crippen LogP contribution in [0.1, 0.15) is 43.0 Å². The smallest absolute Gasteiger partial charge is 0.344 e. The van der Waals surface area contributed by atoms with Crippen LogP contribution in [0.2, 0.25) is 0 Å². The largest absolute Gasteiger partial charge is 0.497 e. The first-order valence-corrected chi connectivity index (χ1v) is 16.7. The van der Waals surface area contributed by atoms with Gasteiger partial charge in [0.15, 0.2) is 11.5 Å². The molecule has 0 aliphatic rings. The van der Waals surface area contributed by atoms with Gasteiger partial charge in [0.05, 0.1) is 26.9 Å². The molecule has 0 saturated heterocycles. The maximum atomic E-state index is 14.5. The molecule has 1 atom stereocenters. The first-order chi connectivity index (χ1) is 22.0. The predicted molar refractivity (Wildman–Crippen MR) is 175 cm³/mol. The van der Waals surface area contributed by atoms with Crippen LogP contribution in [0.5, 0.6) is 5.75 Å². The number of H-pyrrole nitrogens is 1. The number of carbonyl (C=O) groups is 1. The maximum absolute atomic E-state index is 14.5. The van der Waals surface area contributed by atoms with Crippen LogP contribution in [-0.4, -0.2) is 47.7 Å². The van der Waals surface area contributed by atoms with E-state index in [0.29, 0.717) is 22.4 Å². The Morgan fingerprint density at radius 1 is 0.870 bits per heavy atom. The molecule has 1 unspecified atom stereocenters. The predicted octanol–water partition coefficient (Wildman–Crippen LogP) is 4.96. The van der Waals surface area contributed by atoms with E-state index in [9.17, 15) is 18.9 Å². The highest BCUT2D eigenvalue weighted by Crippen LogP contribution is 2.48. The standard InChI is InChI=1S/C34H40N3O8P/c1-6-43-46(41,44-7-2)24-35-33(4,30(38)23-37-22-25(3)31(39)36-32(37)40)45-34(26-14-10-8-11-15-26,27-16-12-9-13-17-27)28-18-20-29(42-5)21-19-28/h8-22,35H,6-7,23-24H2,1-5H3,(H,36,39,40). The van der Waals surface area contributed by atoms with Gasteiger partial charge in [-0.25, -0.2) is 4.79 Å². The van der Waals surface area contributed by atoms with Crippen molar-refractivity contribution < 1.29 is 27.9 Å². The lowest BCUT2D eigenvalue weighted by Gasteiger charge is -2.43. The molecule has 0 aliphatic carbocycles. The lowest BCUT2D eigenvalue weighted by Crippen LogP contribution is -2.58. The second-order valence-electron chi connectivity index (χ2n) is 10.7. The van der Waals surface area contributed by atoms with Crippen LogP contribution in [0, 0.1) is 6.92 Å². The van der Waals surface area contributed by atoms with Crippen LogP contribution in [0.3, 0.4) is 0 Å². The van der Waals surface area contributed by atoms with Gasteiger partial charge in [-0.05, 0) is 56.5 Å². The minimum Gasteiger partial charge on any atom is -0.497 e. The Balaban J connectivity index is 1.95. The summed E-state index contributed by atoms with van der Waals surface area (Å²) in [6.45, 7) is 6.18. The molecule has 1 aromatic heterocycles. The van der Waals surface area contributed by atoms with Gasteiger partial charge >= 0.3 is 13.3 Å². The van der Waals surface area contributed by atoms with Crippen LogP contribution in [0.4, 0.5) is 0 Å². The van der Waals surface area contributed by atoms with Crippen molar-refractivity contribution in [2.75, 3.05) is 26.6 Å². The van der Waals surface area contributed by atoms with Crippen LogP contribution in [0.15, 0.2) is 101 Å². The molecule has 0 spiro atoms. The second-order valence-corrected chi connectivity index (χ2v) is 12.7.